The van der Waals surface area contributed by atoms with Gasteiger partial charge >= 0.3 is 0 Å². The first-order chi connectivity index (χ1) is 16.8. The van der Waals surface area contributed by atoms with Crippen LogP contribution in [0.25, 0.3) is 11.3 Å². The van der Waals surface area contributed by atoms with Crippen LogP contribution in [0.2, 0.25) is 0 Å². The van der Waals surface area contributed by atoms with Crippen molar-refractivity contribution in [2.75, 3.05) is 20.7 Å². The molecule has 10 heteroatoms. The highest BCUT2D eigenvalue weighted by Crippen LogP contribution is 2.40. The first-order valence-corrected chi connectivity index (χ1v) is 12.4. The molecule has 3 aliphatic rings. The highest BCUT2D eigenvalue weighted by Gasteiger charge is 2.46. The smallest absolute Gasteiger partial charge is 0.274 e. The van der Waals surface area contributed by atoms with Gasteiger partial charge in [0, 0.05) is 48.3 Å². The van der Waals surface area contributed by atoms with Crippen LogP contribution < -0.4 is 10.1 Å². The Balaban J connectivity index is 1.24. The van der Waals surface area contributed by atoms with Gasteiger partial charge in [-0.3, -0.25) is 14.7 Å². The maximum absolute atomic E-state index is 14.3. The van der Waals surface area contributed by atoms with Crippen LogP contribution in [-0.4, -0.2) is 81.7 Å². The van der Waals surface area contributed by atoms with Crippen molar-refractivity contribution >= 4 is 11.8 Å². The summed E-state index contributed by atoms with van der Waals surface area (Å²) in [5.41, 5.74) is 0.874. The number of pyridine rings is 1. The van der Waals surface area contributed by atoms with Gasteiger partial charge in [0.05, 0.1) is 19.0 Å². The summed E-state index contributed by atoms with van der Waals surface area (Å²) in [6, 6.07) is 3.81. The van der Waals surface area contributed by atoms with Crippen LogP contribution in [0.15, 0.2) is 18.3 Å². The number of carbonyl (C=O) groups excluding carboxylic acids is 2. The Kier molecular flexibility index (Phi) is 6.48. The maximum Gasteiger partial charge on any atom is 0.274 e. The van der Waals surface area contributed by atoms with Crippen LogP contribution in [0.1, 0.15) is 55.9 Å². The summed E-state index contributed by atoms with van der Waals surface area (Å²) in [6.07, 6.45) is 6.28. The lowest BCUT2D eigenvalue weighted by atomic mass is 9.89. The Hall–Kier alpha value is -3.01. The molecule has 0 aromatic carbocycles. The summed E-state index contributed by atoms with van der Waals surface area (Å²) < 4.78 is 19.4. The molecule has 2 aromatic rings. The number of likely N-dealkylation sites (tertiary alicyclic amines) is 1. The van der Waals surface area contributed by atoms with Crippen molar-refractivity contribution < 1.29 is 18.7 Å². The number of ether oxygens (including phenoxy) is 1. The van der Waals surface area contributed by atoms with Crippen molar-refractivity contribution in [3.63, 3.8) is 0 Å². The number of aromatic amines is 1. The van der Waals surface area contributed by atoms with Gasteiger partial charge in [-0.25, -0.2) is 9.37 Å². The number of rotatable bonds is 5. The van der Waals surface area contributed by atoms with E-state index in [9.17, 15) is 14.0 Å². The predicted molar refractivity (Wildman–Crippen MR) is 127 cm³/mol. The molecule has 0 unspecified atom stereocenters. The molecule has 0 radical (unpaired) electrons. The number of methoxy groups -OCH3 is 1. The summed E-state index contributed by atoms with van der Waals surface area (Å²) in [4.78, 5) is 34.5. The second kappa shape index (κ2) is 9.56. The molecule has 2 N–H and O–H groups in total. The first kappa shape index (κ1) is 23.7. The zero-order chi connectivity index (χ0) is 24.7. The van der Waals surface area contributed by atoms with E-state index >= 15 is 0 Å². The standard InChI is InChI=1S/C25H33FN6O3/c1-14-4-5-16(13-31(14)2)28-24(33)15-8-17-6-7-18(9-15)32(17)25(34)22-11-21(29-30-22)19-10-23(35-3)27-12-20(19)26/h10-12,14-18H,4-9,13H2,1-3H3,(H,28,33)(H,29,30)/t14-,15-,16+,17-,18+/m1/s1. The van der Waals surface area contributed by atoms with E-state index in [4.69, 9.17) is 4.74 Å². The Labute approximate surface area is 204 Å². The molecule has 35 heavy (non-hydrogen) atoms. The number of likely N-dealkylation sites (N-methyl/N-ethyl adjacent to an activating group) is 1. The third-order valence-electron chi connectivity index (χ3n) is 8.01. The van der Waals surface area contributed by atoms with Crippen LogP contribution in [-0.2, 0) is 4.79 Å². The molecular weight excluding hydrogens is 451 g/mol. The largest absolute Gasteiger partial charge is 0.481 e. The van der Waals surface area contributed by atoms with Gasteiger partial charge < -0.3 is 19.9 Å². The summed E-state index contributed by atoms with van der Waals surface area (Å²) in [5.74, 6) is -0.390. The van der Waals surface area contributed by atoms with E-state index in [1.165, 1.54) is 13.2 Å². The number of amides is 2. The van der Waals surface area contributed by atoms with Crippen molar-refractivity contribution in [3.8, 4) is 17.1 Å². The Morgan fingerprint density at radius 2 is 1.91 bits per heavy atom. The molecule has 0 aliphatic carbocycles. The number of piperidine rings is 2. The van der Waals surface area contributed by atoms with Gasteiger partial charge in [0.1, 0.15) is 0 Å². The zero-order valence-electron chi connectivity index (χ0n) is 20.5. The van der Waals surface area contributed by atoms with Crippen molar-refractivity contribution in [1.29, 1.82) is 0 Å². The van der Waals surface area contributed by atoms with E-state index in [0.717, 1.165) is 38.4 Å². The molecular formula is C25H33FN6O3. The number of hydrogen-bond donors (Lipinski definition) is 2. The van der Waals surface area contributed by atoms with Crippen molar-refractivity contribution in [2.45, 2.75) is 69.6 Å². The molecule has 9 nitrogen and oxygen atoms in total. The third-order valence-corrected chi connectivity index (χ3v) is 8.01. The number of carbonyl (C=O) groups is 2. The van der Waals surface area contributed by atoms with E-state index in [-0.39, 0.29) is 53.0 Å². The van der Waals surface area contributed by atoms with Gasteiger partial charge in [-0.1, -0.05) is 0 Å². The van der Waals surface area contributed by atoms with Gasteiger partial charge in [-0.15, -0.1) is 0 Å². The first-order valence-electron chi connectivity index (χ1n) is 12.4. The lowest BCUT2D eigenvalue weighted by Crippen LogP contribution is -2.53. The molecule has 3 aliphatic heterocycles. The molecule has 0 saturated carbocycles. The summed E-state index contributed by atoms with van der Waals surface area (Å²) in [5, 5.41) is 10.2. The van der Waals surface area contributed by atoms with Gasteiger partial charge in [-0.2, -0.15) is 5.10 Å². The fraction of sp³-hybridized carbons (Fsp3) is 0.600. The lowest BCUT2D eigenvalue weighted by Gasteiger charge is -2.40. The minimum atomic E-state index is -0.529. The summed E-state index contributed by atoms with van der Waals surface area (Å²) >= 11 is 0. The van der Waals surface area contributed by atoms with E-state index in [1.807, 2.05) is 4.90 Å². The molecule has 3 fully saturated rings. The second-order valence-corrected chi connectivity index (χ2v) is 10.2. The van der Waals surface area contributed by atoms with Gasteiger partial charge in [0.2, 0.25) is 11.8 Å². The number of nitrogens with zero attached hydrogens (tertiary/aromatic N) is 4. The minimum absolute atomic E-state index is 0.0176. The highest BCUT2D eigenvalue weighted by molar-refractivity contribution is 5.94. The fourth-order valence-corrected chi connectivity index (χ4v) is 5.88. The number of halogens is 1. The number of aromatic nitrogens is 3. The fourth-order valence-electron chi connectivity index (χ4n) is 5.88. The Morgan fingerprint density at radius 1 is 1.17 bits per heavy atom. The minimum Gasteiger partial charge on any atom is -0.481 e. The van der Waals surface area contributed by atoms with E-state index < -0.39 is 5.82 Å². The molecule has 2 amide bonds. The quantitative estimate of drug-likeness (QED) is 0.676. The SMILES string of the molecule is COc1cc(-c2cc(C(=O)N3[C@@H]4CC[C@H]3C[C@H](C(=O)N[C@H]3CC[C@@H](C)N(C)C3)C4)n[nH]2)c(F)cn1. The Morgan fingerprint density at radius 3 is 2.60 bits per heavy atom. The van der Waals surface area contributed by atoms with Gasteiger partial charge in [0.25, 0.3) is 5.91 Å². The number of nitrogens with one attached hydrogen (secondary N) is 2. The highest BCUT2D eigenvalue weighted by atomic mass is 19.1. The average molecular weight is 485 g/mol. The van der Waals surface area contributed by atoms with Crippen molar-refractivity contribution in [3.05, 3.63) is 29.8 Å². The molecule has 3 saturated heterocycles. The third kappa shape index (κ3) is 4.63. The topological polar surface area (TPSA) is 103 Å². The summed E-state index contributed by atoms with van der Waals surface area (Å²) in [6.45, 7) is 3.09. The monoisotopic (exact) mass is 484 g/mol. The molecule has 2 bridgehead atoms. The lowest BCUT2D eigenvalue weighted by molar-refractivity contribution is -0.128. The van der Waals surface area contributed by atoms with Crippen LogP contribution in [0.3, 0.4) is 0 Å². The molecule has 5 atom stereocenters. The van der Waals surface area contributed by atoms with Crippen molar-refractivity contribution in [1.82, 2.24) is 30.3 Å². The maximum atomic E-state index is 14.3. The van der Waals surface area contributed by atoms with Crippen molar-refractivity contribution in [2.24, 2.45) is 5.92 Å². The number of fused-ring (bicyclic) bond motifs is 2. The van der Waals surface area contributed by atoms with E-state index in [1.54, 1.807) is 6.07 Å². The van der Waals surface area contributed by atoms with Crippen LogP contribution >= 0.6 is 0 Å². The number of hydrogen-bond acceptors (Lipinski definition) is 6. The molecule has 0 spiro atoms. The molecule has 5 heterocycles. The molecule has 188 valence electrons. The van der Waals surface area contributed by atoms with E-state index in [0.29, 0.717) is 24.6 Å². The summed E-state index contributed by atoms with van der Waals surface area (Å²) in [7, 11) is 3.56. The molecule has 2 aromatic heterocycles. The van der Waals surface area contributed by atoms with Crippen LogP contribution in [0.4, 0.5) is 4.39 Å². The predicted octanol–water partition coefficient (Wildman–Crippen LogP) is 2.60. The average Bonchev–Trinajstić information content (AvgIpc) is 3.44. The van der Waals surface area contributed by atoms with Gasteiger partial charge in [0.15, 0.2) is 11.5 Å². The van der Waals surface area contributed by atoms with Crippen LogP contribution in [0.5, 0.6) is 5.88 Å². The van der Waals surface area contributed by atoms with Gasteiger partial charge in [-0.05, 0) is 58.6 Å². The normalized spacial score (nSPS) is 28.7. The number of H-pyrrole nitrogens is 1. The Bertz CT molecular complexity index is 1090. The second-order valence-electron chi connectivity index (χ2n) is 10.2. The zero-order valence-corrected chi connectivity index (χ0v) is 20.5. The molecule has 5 rings (SSSR count). The van der Waals surface area contributed by atoms with Crippen LogP contribution in [0, 0.1) is 11.7 Å². The van der Waals surface area contributed by atoms with E-state index in [2.05, 4.69) is 39.4 Å².